The summed E-state index contributed by atoms with van der Waals surface area (Å²) in [4.78, 5) is 0. The Morgan fingerprint density at radius 1 is 1.26 bits per heavy atom. The average molecular weight is 279 g/mol. The van der Waals surface area contributed by atoms with Crippen LogP contribution in [0.5, 0.6) is 0 Å². The standard InChI is InChI=1S/C15H20BClO2/c17-15-9-13-10-19-16(18)14(13)8-12(15)7-6-11-4-2-1-3-5-11/h8-9,11,18H,1-7,10H2. The van der Waals surface area contributed by atoms with Gasteiger partial charge in [-0.05, 0) is 41.4 Å². The first-order valence-corrected chi connectivity index (χ1v) is 7.72. The molecule has 1 aliphatic carbocycles. The van der Waals surface area contributed by atoms with Crippen LogP contribution in [0.25, 0.3) is 0 Å². The second-order valence-corrected chi connectivity index (χ2v) is 6.26. The fourth-order valence-corrected chi connectivity index (χ4v) is 3.60. The van der Waals surface area contributed by atoms with E-state index < -0.39 is 7.12 Å². The van der Waals surface area contributed by atoms with Crippen molar-refractivity contribution >= 4 is 24.2 Å². The zero-order valence-electron chi connectivity index (χ0n) is 11.2. The van der Waals surface area contributed by atoms with Gasteiger partial charge in [-0.2, -0.15) is 0 Å². The molecule has 0 atom stereocenters. The van der Waals surface area contributed by atoms with Gasteiger partial charge in [0.15, 0.2) is 0 Å². The monoisotopic (exact) mass is 278 g/mol. The molecule has 1 aromatic carbocycles. The Hall–Kier alpha value is -0.505. The van der Waals surface area contributed by atoms with Gasteiger partial charge in [0, 0.05) is 5.02 Å². The van der Waals surface area contributed by atoms with Crippen molar-refractivity contribution in [3.05, 3.63) is 28.3 Å². The first-order chi connectivity index (χ1) is 9.24. The molecule has 102 valence electrons. The van der Waals surface area contributed by atoms with Gasteiger partial charge in [0.1, 0.15) is 0 Å². The quantitative estimate of drug-likeness (QED) is 0.861. The Balaban J connectivity index is 1.68. The molecule has 1 saturated carbocycles. The minimum absolute atomic E-state index is 0.471. The fraction of sp³-hybridized carbons (Fsp3) is 0.600. The number of rotatable bonds is 3. The van der Waals surface area contributed by atoms with Crippen molar-refractivity contribution in [1.82, 2.24) is 0 Å². The molecular formula is C15H20BClO2. The summed E-state index contributed by atoms with van der Waals surface area (Å²) >= 11 is 6.34. The van der Waals surface area contributed by atoms with E-state index in [2.05, 4.69) is 0 Å². The molecule has 3 rings (SSSR count). The van der Waals surface area contributed by atoms with Crippen LogP contribution in [0, 0.1) is 5.92 Å². The van der Waals surface area contributed by atoms with Crippen LogP contribution in [0.2, 0.25) is 5.02 Å². The Morgan fingerprint density at radius 3 is 2.84 bits per heavy atom. The Morgan fingerprint density at radius 2 is 2.05 bits per heavy atom. The molecule has 19 heavy (non-hydrogen) atoms. The summed E-state index contributed by atoms with van der Waals surface area (Å²) < 4.78 is 5.22. The van der Waals surface area contributed by atoms with Crippen molar-refractivity contribution in [2.45, 2.75) is 51.6 Å². The Kier molecular flexibility index (Phi) is 4.16. The van der Waals surface area contributed by atoms with Crippen LogP contribution in [0.3, 0.4) is 0 Å². The van der Waals surface area contributed by atoms with Gasteiger partial charge in [-0.1, -0.05) is 49.8 Å². The Labute approximate surface area is 120 Å². The topological polar surface area (TPSA) is 29.5 Å². The summed E-state index contributed by atoms with van der Waals surface area (Å²) in [5, 5.41) is 10.6. The zero-order chi connectivity index (χ0) is 13.2. The maximum Gasteiger partial charge on any atom is 0.491 e. The lowest BCUT2D eigenvalue weighted by Crippen LogP contribution is -2.28. The molecule has 0 radical (unpaired) electrons. The SMILES string of the molecule is OB1OCc2cc(Cl)c(CCC3CCCCC3)cc21. The van der Waals surface area contributed by atoms with E-state index in [-0.39, 0.29) is 0 Å². The van der Waals surface area contributed by atoms with Crippen LogP contribution in [-0.4, -0.2) is 12.1 Å². The molecule has 1 N–H and O–H groups in total. The van der Waals surface area contributed by atoms with E-state index in [1.54, 1.807) is 0 Å². The fourth-order valence-electron chi connectivity index (χ4n) is 3.32. The third-order valence-electron chi connectivity index (χ3n) is 4.52. The van der Waals surface area contributed by atoms with Crippen molar-refractivity contribution < 1.29 is 9.68 Å². The van der Waals surface area contributed by atoms with E-state index in [1.807, 2.05) is 12.1 Å². The first-order valence-electron chi connectivity index (χ1n) is 7.35. The minimum Gasteiger partial charge on any atom is -0.423 e. The molecule has 2 aliphatic rings. The van der Waals surface area contributed by atoms with E-state index in [0.717, 1.165) is 34.0 Å². The van der Waals surface area contributed by atoms with Crippen molar-refractivity contribution in [2.75, 3.05) is 0 Å². The highest BCUT2D eigenvalue weighted by atomic mass is 35.5. The number of halogens is 1. The molecule has 0 aromatic heterocycles. The lowest BCUT2D eigenvalue weighted by Gasteiger charge is -2.21. The molecule has 0 amide bonds. The maximum absolute atomic E-state index is 9.75. The Bertz CT molecular complexity index is 458. The normalized spacial score (nSPS) is 19.8. The van der Waals surface area contributed by atoms with Crippen molar-refractivity contribution in [3.8, 4) is 0 Å². The molecule has 1 heterocycles. The number of fused-ring (bicyclic) bond motifs is 1. The maximum atomic E-state index is 9.75. The molecular weight excluding hydrogens is 258 g/mol. The van der Waals surface area contributed by atoms with Crippen LogP contribution in [0.15, 0.2) is 12.1 Å². The van der Waals surface area contributed by atoms with E-state index in [4.69, 9.17) is 16.3 Å². The average Bonchev–Trinajstić information content (AvgIpc) is 2.78. The predicted octanol–water partition coefficient (Wildman–Crippen LogP) is 3.07. The lowest BCUT2D eigenvalue weighted by atomic mass is 9.78. The van der Waals surface area contributed by atoms with Crippen molar-refractivity contribution in [1.29, 1.82) is 0 Å². The van der Waals surface area contributed by atoms with Crippen LogP contribution < -0.4 is 5.46 Å². The molecule has 4 heteroatoms. The number of hydrogen-bond acceptors (Lipinski definition) is 2. The van der Waals surface area contributed by atoms with Crippen LogP contribution in [-0.2, 0) is 17.7 Å². The van der Waals surface area contributed by atoms with Crippen LogP contribution in [0.1, 0.15) is 49.7 Å². The summed E-state index contributed by atoms with van der Waals surface area (Å²) in [6, 6.07) is 4.00. The summed E-state index contributed by atoms with van der Waals surface area (Å²) in [5.41, 5.74) is 3.09. The van der Waals surface area contributed by atoms with Gasteiger partial charge in [-0.25, -0.2) is 0 Å². The minimum atomic E-state index is -0.763. The number of hydrogen-bond donors (Lipinski definition) is 1. The molecule has 2 nitrogen and oxygen atoms in total. The second-order valence-electron chi connectivity index (χ2n) is 5.85. The van der Waals surface area contributed by atoms with Gasteiger partial charge < -0.3 is 9.68 Å². The van der Waals surface area contributed by atoms with Gasteiger partial charge in [0.05, 0.1) is 6.61 Å². The number of aryl methyl sites for hydroxylation is 1. The zero-order valence-corrected chi connectivity index (χ0v) is 12.0. The van der Waals surface area contributed by atoms with Crippen LogP contribution >= 0.6 is 11.6 Å². The van der Waals surface area contributed by atoms with Gasteiger partial charge in [0.2, 0.25) is 0 Å². The van der Waals surface area contributed by atoms with E-state index in [1.165, 1.54) is 38.5 Å². The third kappa shape index (κ3) is 2.99. The summed E-state index contributed by atoms with van der Waals surface area (Å²) in [5.74, 6) is 0.860. The first kappa shape index (κ1) is 13.5. The molecule has 1 aliphatic heterocycles. The van der Waals surface area contributed by atoms with Gasteiger partial charge in [0.25, 0.3) is 0 Å². The molecule has 0 bridgehead atoms. The predicted molar refractivity (Wildman–Crippen MR) is 78.7 cm³/mol. The van der Waals surface area contributed by atoms with Crippen molar-refractivity contribution in [3.63, 3.8) is 0 Å². The summed E-state index contributed by atoms with van der Waals surface area (Å²) in [6.45, 7) is 0.471. The largest absolute Gasteiger partial charge is 0.491 e. The molecule has 0 unspecified atom stereocenters. The summed E-state index contributed by atoms with van der Waals surface area (Å²) in [7, 11) is -0.763. The molecule has 1 fully saturated rings. The highest BCUT2D eigenvalue weighted by molar-refractivity contribution is 6.61. The molecule has 1 aromatic rings. The highest BCUT2D eigenvalue weighted by Crippen LogP contribution is 2.29. The van der Waals surface area contributed by atoms with Gasteiger partial charge >= 0.3 is 7.12 Å². The van der Waals surface area contributed by atoms with Gasteiger partial charge in [-0.15, -0.1) is 0 Å². The molecule has 0 spiro atoms. The van der Waals surface area contributed by atoms with Crippen LogP contribution in [0.4, 0.5) is 0 Å². The highest BCUT2D eigenvalue weighted by Gasteiger charge is 2.28. The van der Waals surface area contributed by atoms with Crippen molar-refractivity contribution in [2.24, 2.45) is 5.92 Å². The number of benzene rings is 1. The lowest BCUT2D eigenvalue weighted by molar-refractivity contribution is 0.275. The summed E-state index contributed by atoms with van der Waals surface area (Å²) in [6.07, 6.45) is 9.14. The molecule has 0 saturated heterocycles. The second kappa shape index (κ2) is 5.86. The smallest absolute Gasteiger partial charge is 0.423 e. The third-order valence-corrected chi connectivity index (χ3v) is 4.87. The van der Waals surface area contributed by atoms with E-state index in [9.17, 15) is 5.02 Å². The van der Waals surface area contributed by atoms with E-state index >= 15 is 0 Å². The van der Waals surface area contributed by atoms with Gasteiger partial charge in [-0.3, -0.25) is 0 Å². The van der Waals surface area contributed by atoms with E-state index in [0.29, 0.717) is 6.61 Å².